The van der Waals surface area contributed by atoms with E-state index in [2.05, 4.69) is 4.74 Å². The predicted molar refractivity (Wildman–Crippen MR) is 62.5 cm³/mol. The number of halogens is 1. The summed E-state index contributed by atoms with van der Waals surface area (Å²) >= 11 is 0. The van der Waals surface area contributed by atoms with Crippen LogP contribution in [0, 0.1) is 5.82 Å². The lowest BCUT2D eigenvalue weighted by Gasteiger charge is -2.11. The van der Waals surface area contributed by atoms with Crippen LogP contribution in [-0.4, -0.2) is 13.3 Å². The zero-order valence-corrected chi connectivity index (χ0v) is 9.96. The molecular weight excluding hydrogens is 225 g/mol. The molecule has 0 aromatic heterocycles. The number of anilines is 1. The lowest BCUT2D eigenvalue weighted by atomic mass is 10.1. The quantitative estimate of drug-likeness (QED) is 0.500. The number of aryl methyl sites for hydroxylation is 1. The summed E-state index contributed by atoms with van der Waals surface area (Å²) in [5.41, 5.74) is 6.30. The number of carbonyl (C=O) groups excluding carboxylic acids is 1. The Morgan fingerprint density at radius 1 is 1.47 bits per heavy atom. The van der Waals surface area contributed by atoms with Gasteiger partial charge in [0, 0.05) is 11.6 Å². The van der Waals surface area contributed by atoms with Gasteiger partial charge in [0.2, 0.25) is 0 Å². The number of nitrogen functional groups attached to an aromatic ring is 1. The molecule has 0 saturated heterocycles. The van der Waals surface area contributed by atoms with E-state index in [1.165, 1.54) is 13.2 Å². The molecule has 0 spiro atoms. The predicted octanol–water partition coefficient (Wildman–Crippen LogP) is 2.90. The van der Waals surface area contributed by atoms with Crippen LogP contribution in [-0.2, 0) is 11.2 Å². The van der Waals surface area contributed by atoms with Crippen molar-refractivity contribution in [2.45, 2.75) is 26.2 Å². The summed E-state index contributed by atoms with van der Waals surface area (Å²) in [4.78, 5) is 11.1. The van der Waals surface area contributed by atoms with E-state index in [1.807, 2.05) is 6.92 Å². The largest absolute Gasteiger partial charge is 0.513 e. The Labute approximate surface area is 99.5 Å². The second kappa shape index (κ2) is 6.08. The van der Waals surface area contributed by atoms with E-state index in [1.54, 1.807) is 0 Å². The van der Waals surface area contributed by atoms with Crippen molar-refractivity contribution in [3.63, 3.8) is 0 Å². The minimum Gasteiger partial charge on any atom is -0.437 e. The molecular formula is C12H16FNO3. The van der Waals surface area contributed by atoms with E-state index < -0.39 is 12.0 Å². The standard InChI is InChI=1S/C12H16FNO3/c1-3-4-5-8-6-9(13)7-10(14)11(8)17-12(15)16-2/h6-7H,3-5,14H2,1-2H3. The summed E-state index contributed by atoms with van der Waals surface area (Å²) < 4.78 is 22.5. The molecule has 94 valence electrons. The Hall–Kier alpha value is -1.78. The Bertz CT molecular complexity index is 407. The van der Waals surface area contributed by atoms with Crippen molar-refractivity contribution in [3.05, 3.63) is 23.5 Å². The van der Waals surface area contributed by atoms with Gasteiger partial charge in [-0.15, -0.1) is 0 Å². The van der Waals surface area contributed by atoms with Crippen LogP contribution in [0.4, 0.5) is 14.9 Å². The van der Waals surface area contributed by atoms with E-state index in [0.717, 1.165) is 18.9 Å². The molecule has 0 bridgehead atoms. The van der Waals surface area contributed by atoms with Crippen molar-refractivity contribution < 1.29 is 18.7 Å². The van der Waals surface area contributed by atoms with Gasteiger partial charge in [-0.05, 0) is 18.9 Å². The SMILES string of the molecule is CCCCc1cc(F)cc(N)c1OC(=O)OC. The number of methoxy groups -OCH3 is 1. The lowest BCUT2D eigenvalue weighted by molar-refractivity contribution is 0.121. The van der Waals surface area contributed by atoms with Crippen molar-refractivity contribution in [3.8, 4) is 5.75 Å². The minimum atomic E-state index is -0.860. The fourth-order valence-electron chi connectivity index (χ4n) is 1.48. The van der Waals surface area contributed by atoms with Crippen molar-refractivity contribution in [1.82, 2.24) is 0 Å². The maximum atomic E-state index is 13.2. The van der Waals surface area contributed by atoms with Crippen LogP contribution >= 0.6 is 0 Å². The average molecular weight is 241 g/mol. The first-order valence-corrected chi connectivity index (χ1v) is 5.42. The highest BCUT2D eigenvalue weighted by molar-refractivity contribution is 5.69. The molecule has 0 radical (unpaired) electrons. The molecule has 0 fully saturated rings. The molecule has 1 rings (SSSR count). The van der Waals surface area contributed by atoms with Gasteiger partial charge in [-0.1, -0.05) is 13.3 Å². The number of ether oxygens (including phenoxy) is 2. The molecule has 0 unspecified atom stereocenters. The Kier molecular flexibility index (Phi) is 4.75. The number of nitrogens with two attached hydrogens (primary N) is 1. The Balaban J connectivity index is 3.02. The molecule has 1 aromatic carbocycles. The zero-order valence-electron chi connectivity index (χ0n) is 9.96. The molecule has 5 heteroatoms. The third-order valence-electron chi connectivity index (χ3n) is 2.31. The second-order valence-electron chi connectivity index (χ2n) is 3.64. The summed E-state index contributed by atoms with van der Waals surface area (Å²) in [5, 5.41) is 0. The summed E-state index contributed by atoms with van der Waals surface area (Å²) in [6.45, 7) is 2.02. The van der Waals surface area contributed by atoms with Crippen LogP contribution in [0.2, 0.25) is 0 Å². The molecule has 0 heterocycles. The number of benzene rings is 1. The number of hydrogen-bond donors (Lipinski definition) is 1. The Morgan fingerprint density at radius 2 is 2.18 bits per heavy atom. The smallest absolute Gasteiger partial charge is 0.437 e. The van der Waals surface area contributed by atoms with Gasteiger partial charge in [0.15, 0.2) is 5.75 Å². The maximum absolute atomic E-state index is 13.2. The van der Waals surface area contributed by atoms with Crippen LogP contribution < -0.4 is 10.5 Å². The van der Waals surface area contributed by atoms with Crippen LogP contribution in [0.25, 0.3) is 0 Å². The fraction of sp³-hybridized carbons (Fsp3) is 0.417. The van der Waals surface area contributed by atoms with E-state index in [9.17, 15) is 9.18 Å². The third kappa shape index (κ3) is 3.62. The molecule has 0 amide bonds. The number of rotatable bonds is 4. The highest BCUT2D eigenvalue weighted by Crippen LogP contribution is 2.29. The van der Waals surface area contributed by atoms with E-state index in [4.69, 9.17) is 10.5 Å². The van der Waals surface area contributed by atoms with Gasteiger partial charge in [-0.25, -0.2) is 9.18 Å². The molecule has 0 atom stereocenters. The van der Waals surface area contributed by atoms with E-state index >= 15 is 0 Å². The first-order chi connectivity index (χ1) is 8.08. The molecule has 0 aliphatic carbocycles. The van der Waals surface area contributed by atoms with Crippen LogP contribution in [0.1, 0.15) is 25.3 Å². The zero-order chi connectivity index (χ0) is 12.8. The topological polar surface area (TPSA) is 61.5 Å². The van der Waals surface area contributed by atoms with Crippen LogP contribution in [0.5, 0.6) is 5.75 Å². The normalized spacial score (nSPS) is 10.1. The van der Waals surface area contributed by atoms with E-state index in [0.29, 0.717) is 12.0 Å². The molecule has 17 heavy (non-hydrogen) atoms. The highest BCUT2D eigenvalue weighted by Gasteiger charge is 2.14. The number of carbonyl (C=O) groups is 1. The van der Waals surface area contributed by atoms with Crippen molar-refractivity contribution in [2.24, 2.45) is 0 Å². The maximum Gasteiger partial charge on any atom is 0.513 e. The van der Waals surface area contributed by atoms with Gasteiger partial charge in [-0.3, -0.25) is 0 Å². The highest BCUT2D eigenvalue weighted by atomic mass is 19.1. The molecule has 2 N–H and O–H groups in total. The molecule has 0 aliphatic heterocycles. The Morgan fingerprint density at radius 3 is 2.76 bits per heavy atom. The minimum absolute atomic E-state index is 0.0986. The monoisotopic (exact) mass is 241 g/mol. The summed E-state index contributed by atoms with van der Waals surface area (Å²) in [5.74, 6) is -0.252. The first-order valence-electron chi connectivity index (χ1n) is 5.42. The molecule has 0 saturated carbocycles. The molecule has 4 nitrogen and oxygen atoms in total. The van der Waals surface area contributed by atoms with Crippen LogP contribution in [0.15, 0.2) is 12.1 Å². The summed E-state index contributed by atoms with van der Waals surface area (Å²) in [6.07, 6.45) is 1.56. The van der Waals surface area contributed by atoms with Gasteiger partial charge in [-0.2, -0.15) is 0 Å². The van der Waals surface area contributed by atoms with Gasteiger partial charge >= 0.3 is 6.16 Å². The fourth-order valence-corrected chi connectivity index (χ4v) is 1.48. The van der Waals surface area contributed by atoms with E-state index in [-0.39, 0.29) is 11.4 Å². The van der Waals surface area contributed by atoms with Gasteiger partial charge in [0.1, 0.15) is 5.82 Å². The van der Waals surface area contributed by atoms with Crippen LogP contribution in [0.3, 0.4) is 0 Å². The number of unbranched alkanes of at least 4 members (excludes halogenated alkanes) is 1. The summed E-state index contributed by atoms with van der Waals surface area (Å²) in [7, 11) is 1.20. The molecule has 1 aromatic rings. The average Bonchev–Trinajstić information content (AvgIpc) is 2.29. The summed E-state index contributed by atoms with van der Waals surface area (Å²) in [6, 6.07) is 2.44. The second-order valence-corrected chi connectivity index (χ2v) is 3.64. The van der Waals surface area contributed by atoms with Gasteiger partial charge in [0.25, 0.3) is 0 Å². The third-order valence-corrected chi connectivity index (χ3v) is 2.31. The van der Waals surface area contributed by atoms with Crippen molar-refractivity contribution in [1.29, 1.82) is 0 Å². The number of hydrogen-bond acceptors (Lipinski definition) is 4. The van der Waals surface area contributed by atoms with Gasteiger partial charge in [0.05, 0.1) is 12.8 Å². The molecule has 0 aliphatic rings. The van der Waals surface area contributed by atoms with Crippen molar-refractivity contribution in [2.75, 3.05) is 12.8 Å². The van der Waals surface area contributed by atoms with Crippen molar-refractivity contribution >= 4 is 11.8 Å². The van der Waals surface area contributed by atoms with Gasteiger partial charge < -0.3 is 15.2 Å². The first kappa shape index (κ1) is 13.3. The lowest BCUT2D eigenvalue weighted by Crippen LogP contribution is -2.11.